The van der Waals surface area contributed by atoms with Gasteiger partial charge >= 0.3 is 0 Å². The Morgan fingerprint density at radius 2 is 0.696 bits per heavy atom. The van der Waals surface area contributed by atoms with Gasteiger partial charge in [-0.2, -0.15) is 0 Å². The van der Waals surface area contributed by atoms with Crippen LogP contribution in [0.15, 0.2) is 128 Å². The predicted octanol–water partition coefficient (Wildman–Crippen LogP) is 13.0. The van der Waals surface area contributed by atoms with Gasteiger partial charge < -0.3 is 14.7 Å². The number of pyridine rings is 3. The normalized spacial score (nSPS) is 18.1. The van der Waals surface area contributed by atoms with Crippen LogP contribution in [0.4, 0.5) is 0 Å². The van der Waals surface area contributed by atoms with Gasteiger partial charge in [0.1, 0.15) is 0 Å². The van der Waals surface area contributed by atoms with Gasteiger partial charge in [0.25, 0.3) is 17.7 Å². The van der Waals surface area contributed by atoms with Gasteiger partial charge in [0.05, 0.1) is 33.8 Å². The lowest BCUT2D eigenvalue weighted by atomic mass is 9.84. The minimum Gasteiger partial charge on any atom is -0.339 e. The molecule has 69 heavy (non-hydrogen) atoms. The highest BCUT2D eigenvalue weighted by atomic mass is 16.2. The summed E-state index contributed by atoms with van der Waals surface area (Å²) in [6, 6.07) is 28.7. The quantitative estimate of drug-likeness (QED) is 0.0667. The smallest absolute Gasteiger partial charge is 0.255 e. The zero-order valence-electron chi connectivity index (χ0n) is 49.4. The van der Waals surface area contributed by atoms with Crippen LogP contribution in [-0.2, 0) is 19.3 Å². The Bertz CT molecular complexity index is 2570. The number of carbonyl (C=O) groups excluding carboxylic acids is 3. The molecule has 1 fully saturated rings. The second-order valence-electron chi connectivity index (χ2n) is 18.5. The van der Waals surface area contributed by atoms with E-state index in [1.807, 2.05) is 72.8 Å². The van der Waals surface area contributed by atoms with E-state index in [0.29, 0.717) is 31.8 Å². The van der Waals surface area contributed by atoms with Crippen molar-refractivity contribution in [3.8, 4) is 33.8 Å². The molecule has 0 radical (unpaired) electrons. The predicted molar refractivity (Wildman–Crippen MR) is 280 cm³/mol. The van der Waals surface area contributed by atoms with Crippen molar-refractivity contribution in [2.75, 3.05) is 20.9 Å². The van der Waals surface area contributed by atoms with Gasteiger partial charge in [-0.1, -0.05) is 132 Å². The molecule has 9 heteroatoms. The lowest BCUT2D eigenvalue weighted by Gasteiger charge is -2.45. The standard InChI is InChI=1S/C60H72N6O3/c1-7-10-13-16-43-19-25-46(26-20-43)55-34-31-49(40-61-55)58(67)64(4)52-37-53(65(5)59(68)50-32-35-56(62-41-50)47-27-21-44(22-28-47)17-14-11-8-2)39-54(38-52)66(6)60(69)51-33-36-57(63-42-51)48-29-23-45(24-30-48)18-15-12-9-3/h19-36,40-42,52-54H,7-18,37-39H2,1-6H3/i4D3,5D3,6D3. The number of carbonyl (C=O) groups is 3. The highest BCUT2D eigenvalue weighted by Gasteiger charge is 2.39. The first-order valence-electron chi connectivity index (χ1n) is 29.4. The van der Waals surface area contributed by atoms with Crippen LogP contribution in [0.5, 0.6) is 0 Å². The number of benzene rings is 3. The maximum Gasteiger partial charge on any atom is 0.255 e. The molecule has 0 aliphatic heterocycles. The Morgan fingerprint density at radius 3 is 0.913 bits per heavy atom. The SMILES string of the molecule is [2H]C([2H])([2H])N(C(=O)c1ccc(-c2ccc(CCCCC)cc2)nc1)C1CC(N(C(=O)c2ccc(-c3ccc(CCCCC)cc3)nc2)C([2H])([2H])[2H])CC(N(C(=O)c2ccc(-c3ccc(CCCCC)cc3)nc2)C([2H])([2H])[2H])C1. The maximum absolute atomic E-state index is 14.7. The van der Waals surface area contributed by atoms with E-state index >= 15 is 0 Å². The van der Waals surface area contributed by atoms with Crippen LogP contribution in [0.3, 0.4) is 0 Å². The summed E-state index contributed by atoms with van der Waals surface area (Å²) in [6.45, 7) is -3.07. The van der Waals surface area contributed by atoms with Gasteiger partial charge in [0.2, 0.25) is 0 Å². The molecule has 0 atom stereocenters. The number of hydrogen-bond acceptors (Lipinski definition) is 6. The highest BCUT2D eigenvalue weighted by Crippen LogP contribution is 2.32. The zero-order valence-corrected chi connectivity index (χ0v) is 40.4. The summed E-state index contributed by atoms with van der Waals surface area (Å²) in [4.78, 5) is 59.7. The number of amides is 3. The molecule has 1 aliphatic carbocycles. The van der Waals surface area contributed by atoms with Gasteiger partial charge in [-0.15, -0.1) is 0 Å². The van der Waals surface area contributed by atoms with Gasteiger partial charge in [0, 0.05) is 86.7 Å². The largest absolute Gasteiger partial charge is 0.339 e. The fourth-order valence-corrected chi connectivity index (χ4v) is 9.12. The second kappa shape index (κ2) is 24.7. The van der Waals surface area contributed by atoms with Crippen molar-refractivity contribution in [3.05, 3.63) is 161 Å². The third-order valence-electron chi connectivity index (χ3n) is 13.4. The molecule has 1 aliphatic rings. The molecule has 3 aromatic heterocycles. The summed E-state index contributed by atoms with van der Waals surface area (Å²) in [7, 11) is 0. The fourth-order valence-electron chi connectivity index (χ4n) is 9.12. The van der Waals surface area contributed by atoms with Gasteiger partial charge in [-0.3, -0.25) is 29.3 Å². The molecule has 0 unspecified atom stereocenters. The monoisotopic (exact) mass is 934 g/mol. The van der Waals surface area contributed by atoms with Crippen LogP contribution in [0, 0.1) is 0 Å². The lowest BCUT2D eigenvalue weighted by Crippen LogP contribution is -2.54. The molecule has 0 N–H and O–H groups in total. The average molecular weight is 934 g/mol. The number of unbranched alkanes of at least 4 members (excludes halogenated alkanes) is 6. The van der Waals surface area contributed by atoms with E-state index in [2.05, 4.69) is 35.7 Å². The Kier molecular flexibility index (Phi) is 14.1. The summed E-state index contributed by atoms with van der Waals surface area (Å²) in [5.41, 5.74) is 7.26. The Labute approximate surface area is 424 Å². The molecule has 6 aromatic rings. The summed E-state index contributed by atoms with van der Waals surface area (Å²) in [5, 5.41) is 0. The van der Waals surface area contributed by atoms with E-state index in [0.717, 1.165) is 93.7 Å². The van der Waals surface area contributed by atoms with Crippen LogP contribution >= 0.6 is 0 Å². The van der Waals surface area contributed by atoms with Crippen molar-refractivity contribution in [2.45, 2.75) is 135 Å². The molecule has 7 rings (SSSR count). The molecular weight excluding hydrogens is 853 g/mol. The van der Waals surface area contributed by atoms with E-state index in [4.69, 9.17) is 12.3 Å². The van der Waals surface area contributed by atoms with Crippen LogP contribution in [0.2, 0.25) is 0 Å². The van der Waals surface area contributed by atoms with Crippen molar-refractivity contribution < 1.29 is 26.7 Å². The minimum absolute atomic E-state index is 0.0909. The van der Waals surface area contributed by atoms with Crippen LogP contribution in [0.25, 0.3) is 33.8 Å². The maximum atomic E-state index is 14.7. The average Bonchev–Trinajstić information content (AvgIpc) is 3.50. The Balaban J connectivity index is 1.22. The highest BCUT2D eigenvalue weighted by molar-refractivity contribution is 5.96. The van der Waals surface area contributed by atoms with E-state index < -0.39 is 76.0 Å². The molecule has 0 bridgehead atoms. The fraction of sp³-hybridized carbons (Fsp3) is 0.400. The van der Waals surface area contributed by atoms with Crippen LogP contribution < -0.4 is 0 Å². The minimum atomic E-state index is -3.18. The number of aryl methyl sites for hydroxylation is 3. The summed E-state index contributed by atoms with van der Waals surface area (Å²) < 4.78 is 79.1. The summed E-state index contributed by atoms with van der Waals surface area (Å²) >= 11 is 0. The molecule has 0 spiro atoms. The molecule has 9 nitrogen and oxygen atoms in total. The number of nitrogens with zero attached hydrogens (tertiary/aromatic N) is 6. The van der Waals surface area contributed by atoms with Crippen molar-refractivity contribution in [2.24, 2.45) is 0 Å². The summed E-state index contributed by atoms with van der Waals surface area (Å²) in [5.74, 6) is -2.94. The number of hydrogen-bond donors (Lipinski definition) is 0. The van der Waals surface area contributed by atoms with Gasteiger partial charge in [-0.05, 0) is 111 Å². The molecule has 3 amide bonds. The first-order chi connectivity index (χ1) is 37.2. The first-order valence-corrected chi connectivity index (χ1v) is 24.9. The van der Waals surface area contributed by atoms with Gasteiger partial charge in [-0.25, -0.2) is 0 Å². The van der Waals surface area contributed by atoms with E-state index in [-0.39, 0.29) is 16.7 Å². The van der Waals surface area contributed by atoms with Crippen molar-refractivity contribution in [1.82, 2.24) is 29.7 Å². The Hall–Kier alpha value is -6.48. The lowest BCUT2D eigenvalue weighted by molar-refractivity contribution is 0.0365. The molecule has 1 saturated carbocycles. The zero-order chi connectivity index (χ0) is 56.2. The molecular formula is C60H72N6O3. The van der Waals surface area contributed by atoms with Crippen molar-refractivity contribution in [1.29, 1.82) is 0 Å². The summed E-state index contributed by atoms with van der Waals surface area (Å²) in [6.07, 6.45) is 15.4. The third kappa shape index (κ3) is 13.2. The Morgan fingerprint density at radius 1 is 0.420 bits per heavy atom. The number of aromatic nitrogens is 3. The van der Waals surface area contributed by atoms with E-state index in [1.165, 1.54) is 53.5 Å². The molecule has 0 saturated heterocycles. The second-order valence-corrected chi connectivity index (χ2v) is 18.5. The van der Waals surface area contributed by atoms with E-state index in [1.54, 1.807) is 18.2 Å². The molecule has 3 aromatic carbocycles. The van der Waals surface area contributed by atoms with Crippen LogP contribution in [0.1, 0.15) is 158 Å². The van der Waals surface area contributed by atoms with Crippen molar-refractivity contribution in [3.63, 3.8) is 0 Å². The molecule has 3 heterocycles. The van der Waals surface area contributed by atoms with Crippen molar-refractivity contribution >= 4 is 17.7 Å². The molecule has 360 valence electrons. The topological polar surface area (TPSA) is 99.6 Å². The first kappa shape index (κ1) is 39.4. The van der Waals surface area contributed by atoms with E-state index in [9.17, 15) is 14.4 Å². The van der Waals surface area contributed by atoms with Gasteiger partial charge in [0.15, 0.2) is 0 Å². The number of rotatable bonds is 21. The third-order valence-corrected chi connectivity index (χ3v) is 13.4. The van der Waals surface area contributed by atoms with Crippen LogP contribution in [-0.4, -0.2) is 86.4 Å².